The Hall–Kier alpha value is -0.230. The van der Waals surface area contributed by atoms with E-state index >= 15 is 0 Å². The van der Waals surface area contributed by atoms with E-state index in [0.29, 0.717) is 13.8 Å². The molecule has 0 saturated carbocycles. The van der Waals surface area contributed by atoms with Gasteiger partial charge in [-0.05, 0) is 15.5 Å². The van der Waals surface area contributed by atoms with Gasteiger partial charge in [-0.3, -0.25) is 9.69 Å². The number of β-lactam (4-membered cyclic amide) rings is 1. The number of amides is 1. The Bertz CT molecular complexity index is 477. The summed E-state index contributed by atoms with van der Waals surface area (Å²) >= 11 is 3.03. The molecule has 2 N–H and O–H groups in total. The fraction of sp³-hybridized carbons (Fsp3) is 0.636. The van der Waals surface area contributed by atoms with Crippen LogP contribution < -0.4 is 0 Å². The monoisotopic (exact) mass is 320 g/mol. The summed E-state index contributed by atoms with van der Waals surface area (Å²) in [6, 6.07) is 0. The van der Waals surface area contributed by atoms with Gasteiger partial charge in [0.15, 0.2) is 5.70 Å². The minimum atomic E-state index is -1.04. The van der Waals surface area contributed by atoms with Gasteiger partial charge in [0.25, 0.3) is 0 Å². The third-order valence-electron chi connectivity index (χ3n) is 3.60. The number of fused-ring (bicyclic) bond motifs is 1. The van der Waals surface area contributed by atoms with E-state index in [-0.39, 0.29) is 17.0 Å². The minimum absolute atomic E-state index is 0.129. The lowest BCUT2D eigenvalue weighted by molar-refractivity contribution is -0.156. The highest BCUT2D eigenvalue weighted by atomic mass is 32.2. The highest BCUT2D eigenvalue weighted by molar-refractivity contribution is 8.23. The molecule has 0 aliphatic carbocycles. The Labute approximate surface area is 121 Å². The van der Waals surface area contributed by atoms with Gasteiger partial charge in [-0.2, -0.15) is 0 Å². The molecule has 19 heavy (non-hydrogen) atoms. The summed E-state index contributed by atoms with van der Waals surface area (Å²) in [7, 11) is 0.549. The van der Waals surface area contributed by atoms with Crippen LogP contribution in [-0.2, 0) is 9.59 Å². The fourth-order valence-corrected chi connectivity index (χ4v) is 7.42. The summed E-state index contributed by atoms with van der Waals surface area (Å²) in [6.45, 7) is 1.58. The van der Waals surface area contributed by atoms with Crippen molar-refractivity contribution >= 4 is 44.0 Å². The first-order chi connectivity index (χ1) is 9.00. The molecule has 5 nitrogen and oxygen atoms in total. The molecule has 0 bridgehead atoms. The highest BCUT2D eigenvalue weighted by Crippen LogP contribution is 2.55. The van der Waals surface area contributed by atoms with E-state index in [9.17, 15) is 19.8 Å². The molecule has 104 valence electrons. The first-order valence-corrected chi connectivity index (χ1v) is 9.53. The molecular formula is C11H15NO4PS2+. The molecule has 3 atom stereocenters. The molecule has 0 spiro atoms. The van der Waals surface area contributed by atoms with E-state index in [0.717, 1.165) is 4.24 Å². The summed E-state index contributed by atoms with van der Waals surface area (Å²) < 4.78 is 0.748. The number of aliphatic carboxylic acids is 1. The molecule has 0 radical (unpaired) electrons. The van der Waals surface area contributed by atoms with Crippen molar-refractivity contribution in [1.82, 2.24) is 4.90 Å². The van der Waals surface area contributed by atoms with E-state index in [2.05, 4.69) is 0 Å². The first-order valence-electron chi connectivity index (χ1n) is 6.14. The standard InChI is InChI=1S/C11H14NO4PS2/c1-4(13)6-8(14)12-7(10(15)16)11(19-9(6)12)18-5-2-17-3-5/h4-6,9,13,17H,2-3H2,1H3,(H,15,16)/p+1. The van der Waals surface area contributed by atoms with Crippen molar-refractivity contribution < 1.29 is 19.8 Å². The Morgan fingerprint density at radius 1 is 1.58 bits per heavy atom. The Morgan fingerprint density at radius 2 is 2.26 bits per heavy atom. The maximum Gasteiger partial charge on any atom is 0.354 e. The molecule has 1 amide bonds. The molecule has 3 unspecified atom stereocenters. The van der Waals surface area contributed by atoms with Crippen LogP contribution in [0.3, 0.4) is 0 Å². The van der Waals surface area contributed by atoms with Gasteiger partial charge in [-0.1, -0.05) is 11.8 Å². The van der Waals surface area contributed by atoms with Crippen LogP contribution in [0, 0.1) is 5.92 Å². The average Bonchev–Trinajstić information content (AvgIpc) is 2.57. The summed E-state index contributed by atoms with van der Waals surface area (Å²) in [5.41, 5.74) is 0.129. The SMILES string of the molecule is CC(O)C1C(=O)N2C(C(=O)O)=C(SC3C[PH2+]C3)SC12. The lowest BCUT2D eigenvalue weighted by Gasteiger charge is -2.43. The predicted molar refractivity (Wildman–Crippen MR) is 78.9 cm³/mol. The maximum absolute atomic E-state index is 12.0. The number of hydrogen-bond acceptors (Lipinski definition) is 5. The van der Waals surface area contributed by atoms with Crippen molar-refractivity contribution in [3.8, 4) is 0 Å². The first kappa shape index (κ1) is 13.7. The number of hydrogen-bond donors (Lipinski definition) is 2. The van der Waals surface area contributed by atoms with Gasteiger partial charge in [0.05, 0.1) is 33.8 Å². The largest absolute Gasteiger partial charge is 0.477 e. The second-order valence-corrected chi connectivity index (χ2v) is 9.14. The Balaban J connectivity index is 1.82. The van der Waals surface area contributed by atoms with Gasteiger partial charge >= 0.3 is 5.97 Å². The van der Waals surface area contributed by atoms with Crippen molar-refractivity contribution in [2.24, 2.45) is 5.92 Å². The number of aliphatic hydroxyl groups excluding tert-OH is 1. The second-order valence-electron chi connectivity index (χ2n) is 4.92. The van der Waals surface area contributed by atoms with E-state index in [1.807, 2.05) is 0 Å². The number of carbonyl (C=O) groups is 2. The quantitative estimate of drug-likeness (QED) is 0.586. The van der Waals surface area contributed by atoms with Crippen LogP contribution in [0.1, 0.15) is 6.92 Å². The zero-order chi connectivity index (χ0) is 13.7. The second kappa shape index (κ2) is 4.95. The van der Waals surface area contributed by atoms with Crippen LogP contribution in [0.5, 0.6) is 0 Å². The van der Waals surface area contributed by atoms with Gasteiger partial charge in [0, 0.05) is 0 Å². The molecular weight excluding hydrogens is 305 g/mol. The molecule has 3 aliphatic heterocycles. The van der Waals surface area contributed by atoms with Crippen molar-refractivity contribution in [2.75, 3.05) is 12.3 Å². The van der Waals surface area contributed by atoms with E-state index in [4.69, 9.17) is 0 Å². The van der Waals surface area contributed by atoms with Gasteiger partial charge in [-0.15, -0.1) is 11.8 Å². The van der Waals surface area contributed by atoms with Crippen LogP contribution in [-0.4, -0.2) is 56.0 Å². The van der Waals surface area contributed by atoms with Gasteiger partial charge in [-0.25, -0.2) is 4.79 Å². The Morgan fingerprint density at radius 3 is 2.74 bits per heavy atom. The van der Waals surface area contributed by atoms with E-state index in [1.165, 1.54) is 29.0 Å². The lowest BCUT2D eigenvalue weighted by atomic mass is 9.92. The molecule has 3 heterocycles. The van der Waals surface area contributed by atoms with Crippen molar-refractivity contribution in [2.45, 2.75) is 23.7 Å². The highest BCUT2D eigenvalue weighted by Gasteiger charge is 2.58. The number of rotatable bonds is 4. The molecule has 0 aromatic heterocycles. The smallest absolute Gasteiger partial charge is 0.354 e. The molecule has 2 saturated heterocycles. The lowest BCUT2D eigenvalue weighted by Crippen LogP contribution is -2.60. The average molecular weight is 320 g/mol. The predicted octanol–water partition coefficient (Wildman–Crippen LogP) is 0.678. The van der Waals surface area contributed by atoms with Crippen LogP contribution in [0.2, 0.25) is 0 Å². The Kier molecular flexibility index (Phi) is 3.58. The third kappa shape index (κ3) is 2.11. The van der Waals surface area contributed by atoms with E-state index in [1.54, 1.807) is 18.7 Å². The zero-order valence-corrected chi connectivity index (χ0v) is 13.1. The van der Waals surface area contributed by atoms with Crippen LogP contribution in [0.15, 0.2) is 9.93 Å². The summed E-state index contributed by atoms with van der Waals surface area (Å²) in [5.74, 6) is -1.77. The molecule has 0 aromatic rings. The third-order valence-corrected chi connectivity index (χ3v) is 8.95. The van der Waals surface area contributed by atoms with Gasteiger partial charge in [0.2, 0.25) is 5.91 Å². The van der Waals surface area contributed by atoms with Crippen LogP contribution in [0.4, 0.5) is 0 Å². The number of carbonyl (C=O) groups excluding carboxylic acids is 1. The number of thioether (sulfide) groups is 2. The fourth-order valence-electron chi connectivity index (χ4n) is 2.38. The van der Waals surface area contributed by atoms with Crippen LogP contribution in [0.25, 0.3) is 0 Å². The van der Waals surface area contributed by atoms with Crippen molar-refractivity contribution in [3.05, 3.63) is 9.93 Å². The molecule has 8 heteroatoms. The molecule has 3 rings (SSSR count). The molecule has 3 aliphatic rings. The van der Waals surface area contributed by atoms with Gasteiger partial charge < -0.3 is 10.2 Å². The topological polar surface area (TPSA) is 77.8 Å². The minimum Gasteiger partial charge on any atom is -0.477 e. The van der Waals surface area contributed by atoms with Gasteiger partial charge in [0.1, 0.15) is 5.37 Å². The summed E-state index contributed by atoms with van der Waals surface area (Å²) in [4.78, 5) is 24.7. The normalized spacial score (nSPS) is 36.0. The number of nitrogens with zero attached hydrogens (tertiary/aromatic N) is 1. The number of aliphatic hydroxyl groups is 1. The van der Waals surface area contributed by atoms with Crippen LogP contribution >= 0.6 is 32.1 Å². The zero-order valence-electron chi connectivity index (χ0n) is 10.3. The number of carboxylic acid groups (broad SMARTS) is 1. The summed E-state index contributed by atoms with van der Waals surface area (Å²) in [5, 5.41) is 19.2. The molecule has 2 fully saturated rings. The summed E-state index contributed by atoms with van der Waals surface area (Å²) in [6.07, 6.45) is 1.66. The number of carboxylic acids is 1. The van der Waals surface area contributed by atoms with Crippen molar-refractivity contribution in [3.63, 3.8) is 0 Å². The maximum atomic E-state index is 12.0. The molecule has 0 aromatic carbocycles. The van der Waals surface area contributed by atoms with Crippen molar-refractivity contribution in [1.29, 1.82) is 0 Å². The van der Waals surface area contributed by atoms with E-state index < -0.39 is 18.0 Å².